The Hall–Kier alpha value is -2.33. The Labute approximate surface area is 124 Å². The second-order valence-electron chi connectivity index (χ2n) is 5.05. The van der Waals surface area contributed by atoms with Crippen molar-refractivity contribution in [2.45, 2.75) is 19.4 Å². The summed E-state index contributed by atoms with van der Waals surface area (Å²) in [5, 5.41) is 15.3. The lowest BCUT2D eigenvalue weighted by atomic mass is 10.1. The molecule has 0 aliphatic heterocycles. The van der Waals surface area contributed by atoms with E-state index < -0.39 is 6.10 Å². The Morgan fingerprint density at radius 2 is 1.90 bits per heavy atom. The maximum absolute atomic E-state index is 11.7. The number of hydrogen-bond donors (Lipinski definition) is 3. The average Bonchev–Trinajstić information content (AvgIpc) is 2.46. The van der Waals surface area contributed by atoms with Gasteiger partial charge in [-0.25, -0.2) is 4.79 Å². The van der Waals surface area contributed by atoms with Crippen molar-refractivity contribution in [2.75, 3.05) is 11.9 Å². The van der Waals surface area contributed by atoms with Gasteiger partial charge in [-0.05, 0) is 30.2 Å². The SMILES string of the molecule is Cc1cccc(NC(=O)NC[C@@H](O)Cc2ccccc2)c1. The van der Waals surface area contributed by atoms with Crippen molar-refractivity contribution in [3.63, 3.8) is 0 Å². The highest BCUT2D eigenvalue weighted by Gasteiger charge is 2.08. The van der Waals surface area contributed by atoms with E-state index in [2.05, 4.69) is 10.6 Å². The highest BCUT2D eigenvalue weighted by atomic mass is 16.3. The second-order valence-corrected chi connectivity index (χ2v) is 5.05. The topological polar surface area (TPSA) is 61.4 Å². The van der Waals surface area contributed by atoms with Gasteiger partial charge < -0.3 is 15.7 Å². The molecule has 1 atom stereocenters. The first-order valence-corrected chi connectivity index (χ1v) is 6.97. The van der Waals surface area contributed by atoms with Crippen LogP contribution in [0.1, 0.15) is 11.1 Å². The first-order chi connectivity index (χ1) is 10.1. The number of urea groups is 1. The third-order valence-electron chi connectivity index (χ3n) is 3.09. The number of carbonyl (C=O) groups is 1. The fourth-order valence-corrected chi connectivity index (χ4v) is 2.07. The molecular weight excluding hydrogens is 264 g/mol. The van der Waals surface area contributed by atoms with Gasteiger partial charge in [-0.3, -0.25) is 0 Å². The number of aliphatic hydroxyl groups excluding tert-OH is 1. The van der Waals surface area contributed by atoms with Crippen molar-refractivity contribution in [3.8, 4) is 0 Å². The average molecular weight is 284 g/mol. The minimum Gasteiger partial charge on any atom is -0.391 e. The van der Waals surface area contributed by atoms with Crippen molar-refractivity contribution in [1.82, 2.24) is 5.32 Å². The molecule has 2 aromatic carbocycles. The summed E-state index contributed by atoms with van der Waals surface area (Å²) >= 11 is 0. The Bertz CT molecular complexity index is 584. The molecule has 2 rings (SSSR count). The molecule has 0 aliphatic carbocycles. The van der Waals surface area contributed by atoms with Crippen molar-refractivity contribution in [2.24, 2.45) is 0 Å². The van der Waals surface area contributed by atoms with E-state index in [4.69, 9.17) is 0 Å². The Morgan fingerprint density at radius 1 is 1.14 bits per heavy atom. The molecule has 4 heteroatoms. The van der Waals surface area contributed by atoms with Gasteiger partial charge in [0.2, 0.25) is 0 Å². The molecular formula is C17H20N2O2. The first kappa shape index (κ1) is 15.1. The minimum absolute atomic E-state index is 0.215. The van der Waals surface area contributed by atoms with Gasteiger partial charge in [-0.2, -0.15) is 0 Å². The van der Waals surface area contributed by atoms with E-state index in [9.17, 15) is 9.90 Å². The van der Waals surface area contributed by atoms with Gasteiger partial charge >= 0.3 is 6.03 Å². The summed E-state index contributed by atoms with van der Waals surface area (Å²) in [7, 11) is 0. The molecule has 0 fully saturated rings. The molecule has 0 bridgehead atoms. The maximum atomic E-state index is 11.7. The van der Waals surface area contributed by atoms with Crippen LogP contribution in [-0.2, 0) is 6.42 Å². The molecule has 0 aliphatic rings. The van der Waals surface area contributed by atoms with Crippen molar-refractivity contribution in [3.05, 3.63) is 65.7 Å². The van der Waals surface area contributed by atoms with Crippen LogP contribution in [-0.4, -0.2) is 23.8 Å². The molecule has 3 N–H and O–H groups in total. The van der Waals surface area contributed by atoms with Gasteiger partial charge in [0.1, 0.15) is 0 Å². The Morgan fingerprint density at radius 3 is 2.62 bits per heavy atom. The number of hydrogen-bond acceptors (Lipinski definition) is 2. The minimum atomic E-state index is -0.601. The zero-order chi connectivity index (χ0) is 15.1. The van der Waals surface area contributed by atoms with E-state index in [1.165, 1.54) is 0 Å². The van der Waals surface area contributed by atoms with Gasteiger partial charge in [-0.15, -0.1) is 0 Å². The molecule has 2 amide bonds. The van der Waals surface area contributed by atoms with Gasteiger partial charge in [0.05, 0.1) is 6.10 Å². The van der Waals surface area contributed by atoms with Crippen LogP contribution < -0.4 is 10.6 Å². The van der Waals surface area contributed by atoms with Crippen LogP contribution in [0, 0.1) is 6.92 Å². The summed E-state index contributed by atoms with van der Waals surface area (Å²) in [6, 6.07) is 17.0. The molecule has 21 heavy (non-hydrogen) atoms. The van der Waals surface area contributed by atoms with Crippen LogP contribution in [0.25, 0.3) is 0 Å². The lowest BCUT2D eigenvalue weighted by Crippen LogP contribution is -2.36. The highest BCUT2D eigenvalue weighted by molar-refractivity contribution is 5.89. The number of rotatable bonds is 5. The number of nitrogens with one attached hydrogen (secondary N) is 2. The number of benzene rings is 2. The second kappa shape index (κ2) is 7.45. The van der Waals surface area contributed by atoms with Crippen LogP contribution in [0.15, 0.2) is 54.6 Å². The molecule has 0 unspecified atom stereocenters. The molecule has 0 radical (unpaired) electrons. The molecule has 0 aromatic heterocycles. The van der Waals surface area contributed by atoms with Gasteiger partial charge in [0, 0.05) is 18.7 Å². The molecule has 0 saturated carbocycles. The third kappa shape index (κ3) is 5.28. The van der Waals surface area contributed by atoms with Crippen LogP contribution in [0.4, 0.5) is 10.5 Å². The van der Waals surface area contributed by atoms with Crippen LogP contribution >= 0.6 is 0 Å². The third-order valence-corrected chi connectivity index (χ3v) is 3.09. The summed E-state index contributed by atoms with van der Waals surface area (Å²) in [6.07, 6.45) is -0.0818. The van der Waals surface area contributed by atoms with E-state index in [0.717, 1.165) is 16.8 Å². The normalized spacial score (nSPS) is 11.7. The molecule has 110 valence electrons. The van der Waals surface area contributed by atoms with Crippen LogP contribution in [0.2, 0.25) is 0 Å². The fourth-order valence-electron chi connectivity index (χ4n) is 2.07. The highest BCUT2D eigenvalue weighted by Crippen LogP contribution is 2.09. The zero-order valence-corrected chi connectivity index (χ0v) is 12.0. The molecule has 0 spiro atoms. The fraction of sp³-hybridized carbons (Fsp3) is 0.235. The van der Waals surface area contributed by atoms with Crippen LogP contribution in [0.3, 0.4) is 0 Å². The maximum Gasteiger partial charge on any atom is 0.319 e. The molecule has 0 heterocycles. The van der Waals surface area contributed by atoms with Crippen LogP contribution in [0.5, 0.6) is 0 Å². The lowest BCUT2D eigenvalue weighted by Gasteiger charge is -2.13. The largest absolute Gasteiger partial charge is 0.391 e. The quantitative estimate of drug-likeness (QED) is 0.790. The van der Waals surface area contributed by atoms with E-state index in [1.807, 2.05) is 61.5 Å². The predicted octanol–water partition coefficient (Wildman–Crippen LogP) is 2.72. The molecule has 2 aromatic rings. The first-order valence-electron chi connectivity index (χ1n) is 6.97. The summed E-state index contributed by atoms with van der Waals surface area (Å²) in [5.41, 5.74) is 2.87. The zero-order valence-electron chi connectivity index (χ0n) is 12.0. The molecule has 0 saturated heterocycles. The summed E-state index contributed by atoms with van der Waals surface area (Å²) in [4.78, 5) is 11.7. The standard InChI is InChI=1S/C17H20N2O2/c1-13-6-5-9-15(10-13)19-17(21)18-12-16(20)11-14-7-3-2-4-8-14/h2-10,16,20H,11-12H2,1H3,(H2,18,19,21)/t16-/m0/s1. The number of anilines is 1. The van der Waals surface area contributed by atoms with E-state index in [-0.39, 0.29) is 12.6 Å². The summed E-state index contributed by atoms with van der Waals surface area (Å²) in [6.45, 7) is 2.18. The number of aliphatic hydroxyl groups is 1. The smallest absolute Gasteiger partial charge is 0.319 e. The molecule has 4 nitrogen and oxygen atoms in total. The van der Waals surface area contributed by atoms with E-state index in [1.54, 1.807) is 0 Å². The van der Waals surface area contributed by atoms with E-state index >= 15 is 0 Å². The number of amides is 2. The lowest BCUT2D eigenvalue weighted by molar-refractivity contribution is 0.172. The predicted molar refractivity (Wildman–Crippen MR) is 84.4 cm³/mol. The van der Waals surface area contributed by atoms with Crippen molar-refractivity contribution in [1.29, 1.82) is 0 Å². The van der Waals surface area contributed by atoms with Crippen molar-refractivity contribution >= 4 is 11.7 Å². The van der Waals surface area contributed by atoms with E-state index in [0.29, 0.717) is 6.42 Å². The number of aryl methyl sites for hydroxylation is 1. The summed E-state index contributed by atoms with van der Waals surface area (Å²) < 4.78 is 0. The van der Waals surface area contributed by atoms with Crippen molar-refractivity contribution < 1.29 is 9.90 Å². The van der Waals surface area contributed by atoms with Gasteiger partial charge in [0.25, 0.3) is 0 Å². The summed E-state index contributed by atoms with van der Waals surface area (Å²) in [5.74, 6) is 0. The van der Waals surface area contributed by atoms with Gasteiger partial charge in [0.15, 0.2) is 0 Å². The number of carbonyl (C=O) groups excluding carboxylic acids is 1. The monoisotopic (exact) mass is 284 g/mol. The van der Waals surface area contributed by atoms with Gasteiger partial charge in [-0.1, -0.05) is 42.5 Å². The Balaban J connectivity index is 1.76. The Kier molecular flexibility index (Phi) is 5.35.